The second-order valence-corrected chi connectivity index (χ2v) is 3.87. The molecule has 1 heterocycles. The van der Waals surface area contributed by atoms with Crippen molar-refractivity contribution in [2.45, 2.75) is 6.61 Å². The van der Waals surface area contributed by atoms with Crippen molar-refractivity contribution in [1.29, 1.82) is 0 Å². The number of nitrogens with zero attached hydrogens (tertiary/aromatic N) is 2. The summed E-state index contributed by atoms with van der Waals surface area (Å²) in [6.45, 7) is 0.192. The summed E-state index contributed by atoms with van der Waals surface area (Å²) in [5, 5.41) is 2.84. The molecule has 20 heavy (non-hydrogen) atoms. The lowest BCUT2D eigenvalue weighted by Crippen LogP contribution is -2.03. The van der Waals surface area contributed by atoms with Gasteiger partial charge in [0.25, 0.3) is 0 Å². The Labute approximate surface area is 114 Å². The number of aromatic nitrogens is 2. The van der Waals surface area contributed by atoms with Crippen molar-refractivity contribution in [2.75, 3.05) is 19.5 Å². The number of hydrogen-bond donors (Lipinski definition) is 1. The lowest BCUT2D eigenvalue weighted by Gasteiger charge is -2.09. The van der Waals surface area contributed by atoms with E-state index in [9.17, 15) is 8.78 Å². The number of benzene rings is 1. The summed E-state index contributed by atoms with van der Waals surface area (Å²) in [7, 11) is 3.19. The monoisotopic (exact) mass is 281 g/mol. The van der Waals surface area contributed by atoms with Gasteiger partial charge in [0.05, 0.1) is 0 Å². The summed E-state index contributed by atoms with van der Waals surface area (Å²) in [6, 6.07) is 4.55. The lowest BCUT2D eigenvalue weighted by molar-refractivity contribution is 0.177. The second-order valence-electron chi connectivity index (χ2n) is 3.87. The second kappa shape index (κ2) is 6.25. The molecule has 1 aromatic carbocycles. The van der Waals surface area contributed by atoms with E-state index in [0.29, 0.717) is 11.6 Å². The Morgan fingerprint density at radius 2 is 2.00 bits per heavy atom. The maximum absolute atomic E-state index is 13.5. The molecule has 0 saturated heterocycles. The van der Waals surface area contributed by atoms with Gasteiger partial charge >= 0.3 is 0 Å². The smallest absolute Gasteiger partial charge is 0.224 e. The molecular formula is C13H13F2N3O2. The van der Waals surface area contributed by atoms with Gasteiger partial charge in [-0.3, -0.25) is 0 Å². The maximum atomic E-state index is 13.5. The predicted octanol–water partition coefficient (Wildman–Crippen LogP) is 2.74. The van der Waals surface area contributed by atoms with Crippen LogP contribution in [0.15, 0.2) is 24.3 Å². The first-order valence-electron chi connectivity index (χ1n) is 5.80. The van der Waals surface area contributed by atoms with Gasteiger partial charge in [0, 0.05) is 26.3 Å². The molecule has 0 aliphatic heterocycles. The van der Waals surface area contributed by atoms with Crippen molar-refractivity contribution in [3.63, 3.8) is 0 Å². The molecule has 106 valence electrons. The molecule has 0 atom stereocenters. The molecule has 0 aliphatic rings. The molecule has 0 spiro atoms. The normalized spacial score (nSPS) is 10.4. The highest BCUT2D eigenvalue weighted by molar-refractivity contribution is 5.39. The van der Waals surface area contributed by atoms with Gasteiger partial charge in [0.15, 0.2) is 17.4 Å². The molecule has 2 rings (SSSR count). The summed E-state index contributed by atoms with van der Waals surface area (Å²) in [5.74, 6) is -0.560. The van der Waals surface area contributed by atoms with Crippen LogP contribution in [0, 0.1) is 11.6 Å². The van der Waals surface area contributed by atoms with Crippen molar-refractivity contribution >= 4 is 5.82 Å². The number of methoxy groups -OCH3 is 1. The Hall–Kier alpha value is -2.28. The van der Waals surface area contributed by atoms with Gasteiger partial charge in [-0.15, -0.1) is 0 Å². The van der Waals surface area contributed by atoms with E-state index in [4.69, 9.17) is 9.47 Å². The van der Waals surface area contributed by atoms with Crippen molar-refractivity contribution < 1.29 is 18.3 Å². The van der Waals surface area contributed by atoms with E-state index in [1.165, 1.54) is 19.2 Å². The molecule has 2 aromatic rings. The maximum Gasteiger partial charge on any atom is 0.224 e. The van der Waals surface area contributed by atoms with Gasteiger partial charge in [-0.2, -0.15) is 4.98 Å². The Morgan fingerprint density at radius 1 is 1.20 bits per heavy atom. The van der Waals surface area contributed by atoms with Crippen LogP contribution in [0.3, 0.4) is 0 Å². The summed E-state index contributed by atoms with van der Waals surface area (Å²) in [4.78, 5) is 8.21. The molecule has 7 heteroatoms. The quantitative estimate of drug-likeness (QED) is 0.913. The van der Waals surface area contributed by atoms with Crippen molar-refractivity contribution in [2.24, 2.45) is 0 Å². The van der Waals surface area contributed by atoms with E-state index in [2.05, 4.69) is 15.3 Å². The fraction of sp³-hybridized carbons (Fsp3) is 0.231. The molecule has 0 radical (unpaired) electrons. The molecule has 0 fully saturated rings. The Balaban J connectivity index is 2.29. The van der Waals surface area contributed by atoms with Gasteiger partial charge < -0.3 is 14.8 Å². The minimum Gasteiger partial charge on any atom is -0.436 e. The third-order valence-electron chi connectivity index (χ3n) is 2.39. The number of nitrogens with one attached hydrogen (secondary N) is 1. The Kier molecular flexibility index (Phi) is 4.41. The summed E-state index contributed by atoms with van der Waals surface area (Å²) < 4.78 is 36.6. The van der Waals surface area contributed by atoms with Crippen molar-refractivity contribution in [1.82, 2.24) is 9.97 Å². The fourth-order valence-electron chi connectivity index (χ4n) is 1.52. The molecule has 0 bridgehead atoms. The van der Waals surface area contributed by atoms with Gasteiger partial charge in [-0.1, -0.05) is 0 Å². The lowest BCUT2D eigenvalue weighted by atomic mass is 10.3. The highest BCUT2D eigenvalue weighted by Crippen LogP contribution is 2.25. The number of anilines is 1. The van der Waals surface area contributed by atoms with Crippen LogP contribution >= 0.6 is 0 Å². The molecule has 1 aromatic heterocycles. The Morgan fingerprint density at radius 3 is 2.65 bits per heavy atom. The van der Waals surface area contributed by atoms with Gasteiger partial charge in [-0.05, 0) is 12.1 Å². The van der Waals surface area contributed by atoms with Crippen LogP contribution in [0.4, 0.5) is 14.6 Å². The van der Waals surface area contributed by atoms with Crippen molar-refractivity contribution in [3.8, 4) is 11.6 Å². The highest BCUT2D eigenvalue weighted by atomic mass is 19.1. The number of halogens is 2. The van der Waals surface area contributed by atoms with E-state index in [1.54, 1.807) is 7.05 Å². The van der Waals surface area contributed by atoms with Crippen molar-refractivity contribution in [3.05, 3.63) is 41.7 Å². The van der Waals surface area contributed by atoms with Crippen LogP contribution in [0.5, 0.6) is 11.6 Å². The van der Waals surface area contributed by atoms with E-state index in [1.807, 2.05) is 0 Å². The zero-order chi connectivity index (χ0) is 14.5. The topological polar surface area (TPSA) is 56.3 Å². The highest BCUT2D eigenvalue weighted by Gasteiger charge is 2.10. The molecular weight excluding hydrogens is 268 g/mol. The van der Waals surface area contributed by atoms with E-state index in [0.717, 1.165) is 12.1 Å². The van der Waals surface area contributed by atoms with E-state index < -0.39 is 11.6 Å². The third kappa shape index (κ3) is 3.39. The first-order chi connectivity index (χ1) is 9.62. The minimum atomic E-state index is -0.803. The first kappa shape index (κ1) is 14.1. The summed E-state index contributed by atoms with van der Waals surface area (Å²) >= 11 is 0. The molecule has 0 aliphatic carbocycles. The SMILES string of the molecule is CNc1cc(Oc2ccc(F)cc2F)nc(COC)n1. The van der Waals surface area contributed by atoms with E-state index in [-0.39, 0.29) is 18.2 Å². The van der Waals surface area contributed by atoms with Gasteiger partial charge in [0.2, 0.25) is 5.88 Å². The predicted molar refractivity (Wildman–Crippen MR) is 68.7 cm³/mol. The molecule has 0 amide bonds. The molecule has 0 saturated carbocycles. The third-order valence-corrected chi connectivity index (χ3v) is 2.39. The van der Waals surface area contributed by atoms with Crippen LogP contribution in [0.2, 0.25) is 0 Å². The summed E-state index contributed by atoms with van der Waals surface area (Å²) in [6.07, 6.45) is 0. The molecule has 1 N–H and O–H groups in total. The Bertz CT molecular complexity index is 608. The average molecular weight is 281 g/mol. The fourth-order valence-corrected chi connectivity index (χ4v) is 1.52. The first-order valence-corrected chi connectivity index (χ1v) is 5.80. The van der Waals surface area contributed by atoms with E-state index >= 15 is 0 Å². The van der Waals surface area contributed by atoms with Crippen LogP contribution in [0.25, 0.3) is 0 Å². The zero-order valence-electron chi connectivity index (χ0n) is 11.0. The number of ether oxygens (including phenoxy) is 2. The van der Waals surface area contributed by atoms with Gasteiger partial charge in [0.1, 0.15) is 18.2 Å². The zero-order valence-corrected chi connectivity index (χ0v) is 11.0. The number of rotatable bonds is 5. The average Bonchev–Trinajstić information content (AvgIpc) is 2.42. The number of hydrogen-bond acceptors (Lipinski definition) is 5. The van der Waals surface area contributed by atoms with Crippen LogP contribution in [-0.4, -0.2) is 24.1 Å². The summed E-state index contributed by atoms with van der Waals surface area (Å²) in [5.41, 5.74) is 0. The van der Waals surface area contributed by atoms with Crippen LogP contribution in [0.1, 0.15) is 5.82 Å². The minimum absolute atomic E-state index is 0.115. The molecule has 0 unspecified atom stereocenters. The molecule has 5 nitrogen and oxygen atoms in total. The van der Waals surface area contributed by atoms with Gasteiger partial charge in [-0.25, -0.2) is 13.8 Å². The largest absolute Gasteiger partial charge is 0.436 e. The van der Waals surface area contributed by atoms with Crippen LogP contribution in [-0.2, 0) is 11.3 Å². The standard InChI is InChI=1S/C13H13F2N3O2/c1-16-11-6-13(18-12(17-11)7-19-2)20-10-4-3-8(14)5-9(10)15/h3-6H,7H2,1-2H3,(H,16,17,18). The van der Waals surface area contributed by atoms with Crippen LogP contribution < -0.4 is 10.1 Å².